The summed E-state index contributed by atoms with van der Waals surface area (Å²) in [6.45, 7) is 0.0246. The fourth-order valence-electron chi connectivity index (χ4n) is 3.86. The minimum Gasteiger partial charge on any atom is -0.419 e. The van der Waals surface area contributed by atoms with Crippen molar-refractivity contribution in [3.05, 3.63) is 96.4 Å². The van der Waals surface area contributed by atoms with Crippen LogP contribution in [-0.4, -0.2) is 21.9 Å². The Morgan fingerprint density at radius 3 is 2.06 bits per heavy atom. The second-order valence-corrected chi connectivity index (χ2v) is 8.45. The molecular formula is C29H29N3O3. The highest BCUT2D eigenvalue weighted by Gasteiger charge is 2.15. The molecule has 0 bridgehead atoms. The van der Waals surface area contributed by atoms with Crippen molar-refractivity contribution in [1.29, 1.82) is 0 Å². The lowest BCUT2D eigenvalue weighted by Gasteiger charge is -2.03. The standard InChI is InChI=1S/C29H29N3O3/c33-26(16-10-2-1-5-11-22-12-6-3-7-13-22)28(34)30-21-27-31-32-29(35-27)25-19-17-24(18-20-25)23-14-8-4-9-15-23/h3-4,6-9,12-15,17-20H,1-2,5,10-11,16,21H2,(H,30,34). The Hall–Kier alpha value is -4.06. The van der Waals surface area contributed by atoms with Crippen LogP contribution in [-0.2, 0) is 22.6 Å². The molecule has 178 valence electrons. The smallest absolute Gasteiger partial charge is 0.287 e. The van der Waals surface area contributed by atoms with E-state index in [2.05, 4.69) is 39.8 Å². The molecule has 0 fully saturated rings. The number of aromatic nitrogens is 2. The summed E-state index contributed by atoms with van der Waals surface area (Å²) >= 11 is 0. The number of nitrogens with one attached hydrogen (secondary N) is 1. The number of hydrogen-bond donors (Lipinski definition) is 1. The quantitative estimate of drug-likeness (QED) is 0.211. The maximum absolute atomic E-state index is 12.1. The fourth-order valence-corrected chi connectivity index (χ4v) is 3.86. The lowest BCUT2D eigenvalue weighted by Crippen LogP contribution is -2.30. The number of ketones is 1. The number of benzene rings is 3. The van der Waals surface area contributed by atoms with Crippen molar-refractivity contribution in [2.45, 2.75) is 45.1 Å². The van der Waals surface area contributed by atoms with E-state index in [-0.39, 0.29) is 18.9 Å². The van der Waals surface area contributed by atoms with E-state index in [0.29, 0.717) is 12.3 Å². The molecule has 6 heteroatoms. The van der Waals surface area contributed by atoms with Crippen molar-refractivity contribution in [2.24, 2.45) is 0 Å². The van der Waals surface area contributed by atoms with Crippen LogP contribution in [0.15, 0.2) is 89.3 Å². The molecule has 0 unspecified atom stereocenters. The molecule has 4 rings (SSSR count). The van der Waals surface area contributed by atoms with Crippen molar-refractivity contribution in [1.82, 2.24) is 15.5 Å². The van der Waals surface area contributed by atoms with Gasteiger partial charge >= 0.3 is 0 Å². The zero-order valence-corrected chi connectivity index (χ0v) is 19.7. The first-order valence-corrected chi connectivity index (χ1v) is 12.0. The Bertz CT molecular complexity index is 1220. The maximum Gasteiger partial charge on any atom is 0.287 e. The van der Waals surface area contributed by atoms with Gasteiger partial charge in [0.2, 0.25) is 17.6 Å². The number of hydrogen-bond acceptors (Lipinski definition) is 5. The second-order valence-electron chi connectivity index (χ2n) is 8.45. The molecule has 1 N–H and O–H groups in total. The van der Waals surface area contributed by atoms with Crippen molar-refractivity contribution < 1.29 is 14.0 Å². The molecule has 35 heavy (non-hydrogen) atoms. The van der Waals surface area contributed by atoms with Gasteiger partial charge in [0.05, 0.1) is 6.54 Å². The van der Waals surface area contributed by atoms with E-state index in [1.54, 1.807) is 0 Å². The van der Waals surface area contributed by atoms with Crippen molar-refractivity contribution in [2.75, 3.05) is 0 Å². The maximum atomic E-state index is 12.1. The summed E-state index contributed by atoms with van der Waals surface area (Å²) in [4.78, 5) is 24.2. The first-order valence-electron chi connectivity index (χ1n) is 12.0. The van der Waals surface area contributed by atoms with E-state index in [9.17, 15) is 9.59 Å². The van der Waals surface area contributed by atoms with Gasteiger partial charge in [0.25, 0.3) is 5.91 Å². The molecule has 1 heterocycles. The molecule has 0 aliphatic rings. The Morgan fingerprint density at radius 2 is 1.31 bits per heavy atom. The Balaban J connectivity index is 1.16. The van der Waals surface area contributed by atoms with Gasteiger partial charge in [-0.25, -0.2) is 0 Å². The number of Topliss-reactive ketones (excluding diaryl/α,β-unsaturated/α-hetero) is 1. The van der Waals surface area contributed by atoms with E-state index >= 15 is 0 Å². The molecule has 0 aliphatic carbocycles. The van der Waals surface area contributed by atoms with Crippen LogP contribution in [0.5, 0.6) is 0 Å². The van der Waals surface area contributed by atoms with Crippen LogP contribution in [0, 0.1) is 0 Å². The fraction of sp³-hybridized carbons (Fsp3) is 0.241. The third-order valence-corrected chi connectivity index (χ3v) is 5.82. The summed E-state index contributed by atoms with van der Waals surface area (Å²) in [6, 6.07) is 28.3. The zero-order chi connectivity index (χ0) is 24.3. The molecule has 0 spiro atoms. The van der Waals surface area contributed by atoms with Crippen LogP contribution in [0.25, 0.3) is 22.6 Å². The monoisotopic (exact) mass is 467 g/mol. The number of carbonyl (C=O) groups is 2. The predicted molar refractivity (Wildman–Crippen MR) is 135 cm³/mol. The highest BCUT2D eigenvalue weighted by Crippen LogP contribution is 2.24. The van der Waals surface area contributed by atoms with Crippen LogP contribution in [0.4, 0.5) is 0 Å². The van der Waals surface area contributed by atoms with E-state index in [1.165, 1.54) is 5.56 Å². The summed E-state index contributed by atoms with van der Waals surface area (Å²) in [7, 11) is 0. The van der Waals surface area contributed by atoms with Crippen LogP contribution in [0.2, 0.25) is 0 Å². The molecule has 0 saturated carbocycles. The first kappa shape index (κ1) is 24.1. The van der Waals surface area contributed by atoms with Crippen molar-refractivity contribution >= 4 is 11.7 Å². The van der Waals surface area contributed by atoms with Gasteiger partial charge in [-0.05, 0) is 48.1 Å². The highest BCUT2D eigenvalue weighted by atomic mass is 16.4. The number of amides is 1. The van der Waals surface area contributed by atoms with Crippen LogP contribution < -0.4 is 5.32 Å². The van der Waals surface area contributed by atoms with Gasteiger partial charge < -0.3 is 9.73 Å². The number of aryl methyl sites for hydroxylation is 1. The zero-order valence-electron chi connectivity index (χ0n) is 19.7. The van der Waals surface area contributed by atoms with E-state index in [1.807, 2.05) is 60.7 Å². The van der Waals surface area contributed by atoms with Gasteiger partial charge in [0.1, 0.15) is 0 Å². The Morgan fingerprint density at radius 1 is 0.686 bits per heavy atom. The Labute approximate surface area is 205 Å². The minimum absolute atomic E-state index is 0.0246. The summed E-state index contributed by atoms with van der Waals surface area (Å²) in [5.74, 6) is -0.393. The molecule has 0 radical (unpaired) electrons. The van der Waals surface area contributed by atoms with Gasteiger partial charge in [-0.3, -0.25) is 9.59 Å². The summed E-state index contributed by atoms with van der Waals surface area (Å²) in [6.07, 6.45) is 5.06. The average Bonchev–Trinajstić information content (AvgIpc) is 3.39. The van der Waals surface area contributed by atoms with Crippen molar-refractivity contribution in [3.8, 4) is 22.6 Å². The largest absolute Gasteiger partial charge is 0.419 e. The topological polar surface area (TPSA) is 85.1 Å². The molecule has 0 aliphatic heterocycles. The highest BCUT2D eigenvalue weighted by molar-refractivity contribution is 6.36. The predicted octanol–water partition coefficient (Wildman–Crippen LogP) is 5.78. The van der Waals surface area contributed by atoms with Crippen LogP contribution in [0.1, 0.15) is 43.6 Å². The lowest BCUT2D eigenvalue weighted by molar-refractivity contribution is -0.138. The normalized spacial score (nSPS) is 10.7. The number of nitrogens with zero attached hydrogens (tertiary/aromatic N) is 2. The van der Waals surface area contributed by atoms with E-state index in [0.717, 1.165) is 42.4 Å². The Kier molecular flexibility index (Phi) is 8.54. The number of carbonyl (C=O) groups excluding carboxylic acids is 2. The molecule has 3 aromatic carbocycles. The number of rotatable bonds is 12. The molecule has 0 atom stereocenters. The average molecular weight is 468 g/mol. The van der Waals surface area contributed by atoms with Gasteiger partial charge in [0.15, 0.2) is 0 Å². The van der Waals surface area contributed by atoms with Gasteiger partial charge in [0, 0.05) is 12.0 Å². The van der Waals surface area contributed by atoms with Crippen LogP contribution >= 0.6 is 0 Å². The van der Waals surface area contributed by atoms with Gasteiger partial charge in [-0.1, -0.05) is 85.6 Å². The number of unbranched alkanes of at least 4 members (excludes halogenated alkanes) is 3. The summed E-state index contributed by atoms with van der Waals surface area (Å²) < 4.78 is 5.66. The first-order chi connectivity index (χ1) is 17.2. The third-order valence-electron chi connectivity index (χ3n) is 5.82. The van der Waals surface area contributed by atoms with E-state index in [4.69, 9.17) is 4.42 Å². The molecule has 6 nitrogen and oxygen atoms in total. The molecular weight excluding hydrogens is 438 g/mol. The SMILES string of the molecule is O=C(CCCCCCc1ccccc1)C(=O)NCc1nnc(-c2ccc(-c3ccccc3)cc2)o1. The second kappa shape index (κ2) is 12.4. The van der Waals surface area contributed by atoms with Gasteiger partial charge in [-0.2, -0.15) is 0 Å². The van der Waals surface area contributed by atoms with Gasteiger partial charge in [-0.15, -0.1) is 10.2 Å². The minimum atomic E-state index is -0.610. The molecule has 4 aromatic rings. The lowest BCUT2D eigenvalue weighted by atomic mass is 10.0. The van der Waals surface area contributed by atoms with Crippen molar-refractivity contribution in [3.63, 3.8) is 0 Å². The summed E-state index contributed by atoms with van der Waals surface area (Å²) in [5.41, 5.74) is 4.34. The summed E-state index contributed by atoms with van der Waals surface area (Å²) in [5, 5.41) is 10.6. The third kappa shape index (κ3) is 7.21. The van der Waals surface area contributed by atoms with Crippen LogP contribution in [0.3, 0.4) is 0 Å². The molecule has 1 aromatic heterocycles. The molecule has 0 saturated heterocycles. The van der Waals surface area contributed by atoms with E-state index < -0.39 is 11.7 Å². The molecule has 1 amide bonds.